The lowest BCUT2D eigenvalue weighted by Gasteiger charge is -2.35. The van der Waals surface area contributed by atoms with Gasteiger partial charge in [0.1, 0.15) is 0 Å². The number of nitrogens with two attached hydrogens (primary N) is 1. The maximum atomic E-state index is 12.7. The molecule has 3 N–H and O–H groups in total. The summed E-state index contributed by atoms with van der Waals surface area (Å²) >= 11 is 0. The van der Waals surface area contributed by atoms with Gasteiger partial charge in [-0.05, 0) is 17.7 Å². The highest BCUT2D eigenvalue weighted by molar-refractivity contribution is 14.0. The van der Waals surface area contributed by atoms with Crippen molar-refractivity contribution >= 4 is 29.9 Å². The molecule has 2 rings (SSSR count). The number of ether oxygens (including phenoxy) is 2. The second-order valence-electron chi connectivity index (χ2n) is 5.00. The van der Waals surface area contributed by atoms with Crippen molar-refractivity contribution in [2.45, 2.75) is 31.4 Å². The predicted octanol–water partition coefficient (Wildman–Crippen LogP) is 2.52. The Bertz CT molecular complexity index is 533. The summed E-state index contributed by atoms with van der Waals surface area (Å²) in [6.07, 6.45) is -0.390. The molecule has 1 aromatic rings. The van der Waals surface area contributed by atoms with Gasteiger partial charge in [0.05, 0.1) is 20.8 Å². The van der Waals surface area contributed by atoms with Crippen molar-refractivity contribution in [3.63, 3.8) is 0 Å². The zero-order valence-corrected chi connectivity index (χ0v) is 14.8. The van der Waals surface area contributed by atoms with Gasteiger partial charge in [0, 0.05) is 18.9 Å². The van der Waals surface area contributed by atoms with Crippen LogP contribution in [0, 0.1) is 0 Å². The lowest BCUT2D eigenvalue weighted by atomic mass is 9.88. The van der Waals surface area contributed by atoms with E-state index in [9.17, 15) is 8.78 Å². The Morgan fingerprint density at radius 1 is 1.32 bits per heavy atom. The summed E-state index contributed by atoms with van der Waals surface area (Å²) in [5.74, 6) is -1.16. The van der Waals surface area contributed by atoms with Crippen LogP contribution in [-0.2, 0) is 6.54 Å². The number of aliphatic imine (C=N–C) groups is 1. The minimum atomic E-state index is -2.57. The summed E-state index contributed by atoms with van der Waals surface area (Å²) in [5, 5.41) is 2.79. The molecular formula is C14H20F2IN3O2. The molecule has 1 aromatic carbocycles. The van der Waals surface area contributed by atoms with Gasteiger partial charge in [-0.15, -0.1) is 24.0 Å². The van der Waals surface area contributed by atoms with Crippen LogP contribution in [-0.4, -0.2) is 32.1 Å². The number of nitrogens with zero attached hydrogens (tertiary/aromatic N) is 1. The summed E-state index contributed by atoms with van der Waals surface area (Å²) in [4.78, 5) is 4.14. The molecule has 124 valence electrons. The molecule has 0 amide bonds. The lowest BCUT2D eigenvalue weighted by Crippen LogP contribution is -2.52. The number of rotatable bonds is 5. The molecule has 1 fully saturated rings. The van der Waals surface area contributed by atoms with Gasteiger partial charge in [-0.1, -0.05) is 6.07 Å². The van der Waals surface area contributed by atoms with E-state index in [1.165, 1.54) is 0 Å². The fourth-order valence-electron chi connectivity index (χ4n) is 2.17. The molecule has 1 aliphatic rings. The molecule has 22 heavy (non-hydrogen) atoms. The van der Waals surface area contributed by atoms with E-state index in [4.69, 9.17) is 15.2 Å². The number of alkyl halides is 2. The number of nitrogens with one attached hydrogen (secondary N) is 1. The largest absolute Gasteiger partial charge is 0.493 e. The van der Waals surface area contributed by atoms with Crippen LogP contribution in [0.4, 0.5) is 8.78 Å². The van der Waals surface area contributed by atoms with Crippen molar-refractivity contribution in [2.24, 2.45) is 10.7 Å². The molecule has 1 saturated carbocycles. The highest BCUT2D eigenvalue weighted by Gasteiger charge is 2.45. The van der Waals surface area contributed by atoms with Crippen LogP contribution >= 0.6 is 24.0 Å². The highest BCUT2D eigenvalue weighted by Crippen LogP contribution is 2.37. The first-order valence-corrected chi connectivity index (χ1v) is 6.59. The van der Waals surface area contributed by atoms with Crippen molar-refractivity contribution < 1.29 is 18.3 Å². The molecule has 0 saturated heterocycles. The van der Waals surface area contributed by atoms with Crippen LogP contribution in [0.5, 0.6) is 11.5 Å². The van der Waals surface area contributed by atoms with Gasteiger partial charge in [-0.2, -0.15) is 0 Å². The van der Waals surface area contributed by atoms with Crippen LogP contribution in [0.15, 0.2) is 23.2 Å². The number of hydrogen-bond donors (Lipinski definition) is 2. The fourth-order valence-corrected chi connectivity index (χ4v) is 2.17. The summed E-state index contributed by atoms with van der Waals surface area (Å²) in [6.45, 7) is 0.336. The smallest absolute Gasteiger partial charge is 0.252 e. The van der Waals surface area contributed by atoms with Crippen molar-refractivity contribution in [3.8, 4) is 11.5 Å². The van der Waals surface area contributed by atoms with Crippen LogP contribution < -0.4 is 20.5 Å². The number of methoxy groups -OCH3 is 2. The minimum Gasteiger partial charge on any atom is -0.493 e. The zero-order valence-electron chi connectivity index (χ0n) is 12.4. The summed E-state index contributed by atoms with van der Waals surface area (Å²) < 4.78 is 35.7. The molecule has 5 nitrogen and oxygen atoms in total. The quantitative estimate of drug-likeness (QED) is 0.431. The van der Waals surface area contributed by atoms with E-state index in [1.807, 2.05) is 6.07 Å². The molecule has 0 heterocycles. The second kappa shape index (κ2) is 7.80. The number of benzene rings is 1. The van der Waals surface area contributed by atoms with E-state index >= 15 is 0 Å². The maximum Gasteiger partial charge on any atom is 0.252 e. The first kappa shape index (κ1) is 18.7. The Balaban J connectivity index is 0.00000242. The Morgan fingerprint density at radius 2 is 1.95 bits per heavy atom. The van der Waals surface area contributed by atoms with Crippen LogP contribution in [0.2, 0.25) is 0 Å². The van der Waals surface area contributed by atoms with Crippen molar-refractivity contribution in [1.82, 2.24) is 5.32 Å². The molecule has 0 aliphatic heterocycles. The third-order valence-corrected chi connectivity index (χ3v) is 3.32. The Morgan fingerprint density at radius 3 is 2.50 bits per heavy atom. The van der Waals surface area contributed by atoms with E-state index in [0.717, 1.165) is 5.56 Å². The molecule has 0 aromatic heterocycles. The normalized spacial score (nSPS) is 17.2. The summed E-state index contributed by atoms with van der Waals surface area (Å²) in [7, 11) is 3.11. The average molecular weight is 427 g/mol. The third-order valence-electron chi connectivity index (χ3n) is 3.32. The fraction of sp³-hybridized carbons (Fsp3) is 0.500. The van der Waals surface area contributed by atoms with Gasteiger partial charge in [0.15, 0.2) is 17.5 Å². The van der Waals surface area contributed by atoms with Gasteiger partial charge < -0.3 is 20.5 Å². The second-order valence-corrected chi connectivity index (χ2v) is 5.00. The van der Waals surface area contributed by atoms with Crippen LogP contribution in [0.1, 0.15) is 18.4 Å². The Hall–Kier alpha value is -1.32. The summed E-state index contributed by atoms with van der Waals surface area (Å²) in [5.41, 5.74) is 6.57. The maximum absolute atomic E-state index is 12.7. The lowest BCUT2D eigenvalue weighted by molar-refractivity contribution is -0.0886. The van der Waals surface area contributed by atoms with Gasteiger partial charge in [0.25, 0.3) is 5.92 Å². The molecule has 0 spiro atoms. The van der Waals surface area contributed by atoms with Gasteiger partial charge in [-0.25, -0.2) is 13.8 Å². The van der Waals surface area contributed by atoms with Gasteiger partial charge >= 0.3 is 0 Å². The van der Waals surface area contributed by atoms with Crippen molar-refractivity contribution in [1.29, 1.82) is 0 Å². The highest BCUT2D eigenvalue weighted by atomic mass is 127. The van der Waals surface area contributed by atoms with Gasteiger partial charge in [-0.3, -0.25) is 0 Å². The molecule has 8 heteroatoms. The standard InChI is InChI=1S/C14H19F2N3O2.HI/c1-20-11-4-3-9(5-12(11)21-2)8-18-13(17)19-10-6-14(15,16)7-10;/h3-5,10H,6-8H2,1-2H3,(H3,17,18,19);1H. The topological polar surface area (TPSA) is 68.9 Å². The van der Waals surface area contributed by atoms with Crippen LogP contribution in [0.25, 0.3) is 0 Å². The van der Waals surface area contributed by atoms with E-state index in [-0.39, 0.29) is 48.8 Å². The zero-order chi connectivity index (χ0) is 15.5. The Kier molecular flexibility index (Phi) is 6.64. The third kappa shape index (κ3) is 4.85. The van der Waals surface area contributed by atoms with Crippen LogP contribution in [0.3, 0.4) is 0 Å². The first-order valence-electron chi connectivity index (χ1n) is 6.59. The average Bonchev–Trinajstić information content (AvgIpc) is 2.42. The molecule has 1 aliphatic carbocycles. The summed E-state index contributed by atoms with van der Waals surface area (Å²) in [6, 6.07) is 5.12. The molecular weight excluding hydrogens is 407 g/mol. The minimum absolute atomic E-state index is 0. The molecule has 0 radical (unpaired) electrons. The number of halogens is 3. The van der Waals surface area contributed by atoms with Gasteiger partial charge in [0.2, 0.25) is 0 Å². The number of guanidine groups is 1. The predicted molar refractivity (Wildman–Crippen MR) is 91.4 cm³/mol. The van der Waals surface area contributed by atoms with E-state index in [2.05, 4.69) is 10.3 Å². The monoisotopic (exact) mass is 427 g/mol. The van der Waals surface area contributed by atoms with Crippen molar-refractivity contribution in [3.05, 3.63) is 23.8 Å². The first-order chi connectivity index (χ1) is 9.93. The van der Waals surface area contributed by atoms with E-state index < -0.39 is 5.92 Å². The molecule has 0 unspecified atom stereocenters. The van der Waals surface area contributed by atoms with E-state index in [0.29, 0.717) is 18.0 Å². The Labute approximate surface area is 145 Å². The molecule has 0 atom stereocenters. The van der Waals surface area contributed by atoms with Crippen molar-refractivity contribution in [2.75, 3.05) is 14.2 Å². The van der Waals surface area contributed by atoms with E-state index in [1.54, 1.807) is 26.4 Å². The SMILES string of the molecule is COc1ccc(CN=C(N)NC2CC(F)(F)C2)cc1OC.I. The number of hydrogen-bond acceptors (Lipinski definition) is 3. The molecule has 0 bridgehead atoms.